The molecule has 5 heteroatoms. The summed E-state index contributed by atoms with van der Waals surface area (Å²) in [5, 5.41) is 9.30. The SMILES string of the molecule is CCOCCCC(=O)N1CCCC(C(C)(C)C(=O)O)C1. The molecule has 1 amide bonds. The largest absolute Gasteiger partial charge is 0.481 e. The van der Waals surface area contributed by atoms with Gasteiger partial charge in [0.1, 0.15) is 0 Å². The van der Waals surface area contributed by atoms with Crippen molar-refractivity contribution in [1.29, 1.82) is 0 Å². The summed E-state index contributed by atoms with van der Waals surface area (Å²) in [5.41, 5.74) is -0.774. The molecule has 0 aliphatic carbocycles. The Labute approximate surface area is 121 Å². The van der Waals surface area contributed by atoms with Crippen LogP contribution in [0, 0.1) is 11.3 Å². The van der Waals surface area contributed by atoms with Crippen LogP contribution in [0.25, 0.3) is 0 Å². The molecule has 1 aliphatic rings. The van der Waals surface area contributed by atoms with Gasteiger partial charge in [0.05, 0.1) is 5.41 Å². The Balaban J connectivity index is 2.48. The van der Waals surface area contributed by atoms with Crippen molar-refractivity contribution in [3.63, 3.8) is 0 Å². The van der Waals surface area contributed by atoms with E-state index in [1.807, 2.05) is 11.8 Å². The monoisotopic (exact) mass is 285 g/mol. The number of ether oxygens (including phenoxy) is 1. The van der Waals surface area contributed by atoms with Gasteiger partial charge >= 0.3 is 5.97 Å². The van der Waals surface area contributed by atoms with Crippen LogP contribution in [-0.2, 0) is 14.3 Å². The highest BCUT2D eigenvalue weighted by atomic mass is 16.5. The van der Waals surface area contributed by atoms with Crippen LogP contribution >= 0.6 is 0 Å². The van der Waals surface area contributed by atoms with Gasteiger partial charge in [-0.15, -0.1) is 0 Å². The Kier molecular flexibility index (Phi) is 6.46. The predicted molar refractivity (Wildman–Crippen MR) is 76.4 cm³/mol. The van der Waals surface area contributed by atoms with E-state index in [2.05, 4.69) is 0 Å². The molecule has 0 aromatic heterocycles. The van der Waals surface area contributed by atoms with Crippen molar-refractivity contribution < 1.29 is 19.4 Å². The Hall–Kier alpha value is -1.10. The summed E-state index contributed by atoms with van der Waals surface area (Å²) in [7, 11) is 0. The first-order valence-corrected chi connectivity index (χ1v) is 7.48. The molecule has 0 radical (unpaired) electrons. The van der Waals surface area contributed by atoms with Crippen molar-refractivity contribution >= 4 is 11.9 Å². The van der Waals surface area contributed by atoms with Crippen LogP contribution < -0.4 is 0 Å². The lowest BCUT2D eigenvalue weighted by Crippen LogP contribution is -2.46. The van der Waals surface area contributed by atoms with Crippen LogP contribution in [-0.4, -0.2) is 48.2 Å². The van der Waals surface area contributed by atoms with Gasteiger partial charge in [-0.1, -0.05) is 0 Å². The molecule has 0 aromatic carbocycles. The number of likely N-dealkylation sites (tertiary alicyclic amines) is 1. The third-order valence-corrected chi connectivity index (χ3v) is 4.23. The summed E-state index contributed by atoms with van der Waals surface area (Å²) < 4.78 is 5.23. The zero-order chi connectivity index (χ0) is 15.2. The molecule has 1 rings (SSSR count). The van der Waals surface area contributed by atoms with Crippen molar-refractivity contribution in [3.8, 4) is 0 Å². The van der Waals surface area contributed by atoms with E-state index in [1.165, 1.54) is 0 Å². The van der Waals surface area contributed by atoms with Gasteiger partial charge in [-0.05, 0) is 46.0 Å². The Bertz CT molecular complexity index is 341. The molecule has 0 saturated carbocycles. The summed E-state index contributed by atoms with van der Waals surface area (Å²) in [6.45, 7) is 8.04. The van der Waals surface area contributed by atoms with Crippen molar-refractivity contribution in [2.24, 2.45) is 11.3 Å². The highest BCUT2D eigenvalue weighted by molar-refractivity contribution is 5.77. The molecule has 1 aliphatic heterocycles. The van der Waals surface area contributed by atoms with Gasteiger partial charge in [-0.2, -0.15) is 0 Å². The van der Waals surface area contributed by atoms with Gasteiger partial charge in [0, 0.05) is 32.7 Å². The Morgan fingerprint density at radius 1 is 1.40 bits per heavy atom. The van der Waals surface area contributed by atoms with Gasteiger partial charge in [-0.3, -0.25) is 9.59 Å². The van der Waals surface area contributed by atoms with Crippen molar-refractivity contribution in [2.75, 3.05) is 26.3 Å². The quantitative estimate of drug-likeness (QED) is 0.728. The van der Waals surface area contributed by atoms with E-state index in [1.54, 1.807) is 13.8 Å². The average molecular weight is 285 g/mol. The minimum Gasteiger partial charge on any atom is -0.481 e. The lowest BCUT2D eigenvalue weighted by Gasteiger charge is -2.39. The predicted octanol–water partition coefficient (Wildman–Crippen LogP) is 2.15. The number of amides is 1. The van der Waals surface area contributed by atoms with E-state index in [0.717, 1.165) is 25.8 Å². The van der Waals surface area contributed by atoms with Crippen molar-refractivity contribution in [1.82, 2.24) is 4.90 Å². The molecule has 1 heterocycles. The second-order valence-electron chi connectivity index (χ2n) is 6.01. The zero-order valence-corrected chi connectivity index (χ0v) is 12.9. The summed E-state index contributed by atoms with van der Waals surface area (Å²) in [5.74, 6) is -0.631. The minimum absolute atomic E-state index is 0.0320. The summed E-state index contributed by atoms with van der Waals surface area (Å²) in [6, 6.07) is 0. The number of carbonyl (C=O) groups is 2. The molecule has 1 fully saturated rings. The maximum absolute atomic E-state index is 12.1. The lowest BCUT2D eigenvalue weighted by molar-refractivity contribution is -0.153. The molecule has 0 spiro atoms. The molecule has 1 saturated heterocycles. The smallest absolute Gasteiger partial charge is 0.309 e. The lowest BCUT2D eigenvalue weighted by atomic mass is 9.74. The highest BCUT2D eigenvalue weighted by Crippen LogP contribution is 2.34. The number of carboxylic acid groups (broad SMARTS) is 1. The number of hydrogen-bond acceptors (Lipinski definition) is 3. The second kappa shape index (κ2) is 7.62. The standard InChI is InChI=1S/C15H27NO4/c1-4-20-10-6-8-13(17)16-9-5-7-12(11-16)15(2,3)14(18)19/h12H,4-11H2,1-3H3,(H,18,19). The molecular formula is C15H27NO4. The first-order chi connectivity index (χ1) is 9.39. The van der Waals surface area contributed by atoms with Crippen LogP contribution in [0.4, 0.5) is 0 Å². The molecule has 116 valence electrons. The fourth-order valence-electron chi connectivity index (χ4n) is 2.60. The minimum atomic E-state index is -0.784. The van der Waals surface area contributed by atoms with Gasteiger partial charge in [0.2, 0.25) is 5.91 Å². The van der Waals surface area contributed by atoms with Crippen LogP contribution in [0.5, 0.6) is 0 Å². The topological polar surface area (TPSA) is 66.8 Å². The molecule has 5 nitrogen and oxygen atoms in total. The number of nitrogens with zero attached hydrogens (tertiary/aromatic N) is 1. The molecule has 0 aromatic rings. The summed E-state index contributed by atoms with van der Waals surface area (Å²) in [6.07, 6.45) is 2.98. The molecule has 1 N–H and O–H groups in total. The third-order valence-electron chi connectivity index (χ3n) is 4.23. The van der Waals surface area contributed by atoms with E-state index in [4.69, 9.17) is 4.74 Å². The van der Waals surface area contributed by atoms with Gasteiger partial charge in [-0.25, -0.2) is 0 Å². The van der Waals surface area contributed by atoms with Crippen molar-refractivity contribution in [2.45, 2.75) is 46.5 Å². The summed E-state index contributed by atoms with van der Waals surface area (Å²) >= 11 is 0. The molecule has 0 bridgehead atoms. The van der Waals surface area contributed by atoms with Gasteiger partial charge < -0.3 is 14.7 Å². The molecular weight excluding hydrogens is 258 g/mol. The first-order valence-electron chi connectivity index (χ1n) is 7.48. The van der Waals surface area contributed by atoms with E-state index < -0.39 is 11.4 Å². The number of rotatable bonds is 7. The number of aliphatic carboxylic acids is 1. The zero-order valence-electron chi connectivity index (χ0n) is 12.9. The molecule has 1 atom stereocenters. The van der Waals surface area contributed by atoms with Gasteiger partial charge in [0.15, 0.2) is 0 Å². The van der Waals surface area contributed by atoms with Crippen molar-refractivity contribution in [3.05, 3.63) is 0 Å². The van der Waals surface area contributed by atoms with E-state index in [-0.39, 0.29) is 11.8 Å². The van der Waals surface area contributed by atoms with Gasteiger partial charge in [0.25, 0.3) is 0 Å². The fraction of sp³-hybridized carbons (Fsp3) is 0.867. The fourth-order valence-corrected chi connectivity index (χ4v) is 2.60. The molecule has 1 unspecified atom stereocenters. The number of hydrogen-bond donors (Lipinski definition) is 1. The second-order valence-corrected chi connectivity index (χ2v) is 6.01. The van der Waals surface area contributed by atoms with E-state index in [0.29, 0.717) is 26.2 Å². The van der Waals surface area contributed by atoms with Crippen LogP contribution in [0.2, 0.25) is 0 Å². The van der Waals surface area contributed by atoms with Crippen LogP contribution in [0.15, 0.2) is 0 Å². The van der Waals surface area contributed by atoms with Crippen LogP contribution in [0.3, 0.4) is 0 Å². The Morgan fingerprint density at radius 2 is 2.10 bits per heavy atom. The third kappa shape index (κ3) is 4.47. The highest BCUT2D eigenvalue weighted by Gasteiger charge is 2.39. The Morgan fingerprint density at radius 3 is 2.70 bits per heavy atom. The van der Waals surface area contributed by atoms with E-state index in [9.17, 15) is 14.7 Å². The molecule has 20 heavy (non-hydrogen) atoms. The summed E-state index contributed by atoms with van der Waals surface area (Å²) in [4.78, 5) is 25.3. The number of piperidine rings is 1. The van der Waals surface area contributed by atoms with Crippen LogP contribution in [0.1, 0.15) is 46.5 Å². The number of carbonyl (C=O) groups excluding carboxylic acids is 1. The maximum atomic E-state index is 12.1. The normalized spacial score (nSPS) is 19.9. The first kappa shape index (κ1) is 17.0. The average Bonchev–Trinajstić information content (AvgIpc) is 2.43. The van der Waals surface area contributed by atoms with E-state index >= 15 is 0 Å². The maximum Gasteiger partial charge on any atom is 0.309 e. The number of carboxylic acids is 1.